The van der Waals surface area contributed by atoms with E-state index in [1.165, 1.54) is 11.0 Å². The first-order valence-corrected chi connectivity index (χ1v) is 6.94. The molecule has 3 N–H and O–H groups in total. The molecular formula is C14H17ClN2O3. The first kappa shape index (κ1) is 14.7. The van der Waals surface area contributed by atoms with Crippen LogP contribution in [0.4, 0.5) is 5.69 Å². The van der Waals surface area contributed by atoms with Crippen molar-refractivity contribution in [2.75, 3.05) is 12.3 Å². The van der Waals surface area contributed by atoms with Gasteiger partial charge in [0.25, 0.3) is 5.91 Å². The Kier molecular flexibility index (Phi) is 4.49. The average molecular weight is 297 g/mol. The van der Waals surface area contributed by atoms with Crippen LogP contribution in [0.1, 0.15) is 36.0 Å². The first-order chi connectivity index (χ1) is 9.49. The van der Waals surface area contributed by atoms with Gasteiger partial charge < -0.3 is 15.7 Å². The monoisotopic (exact) mass is 296 g/mol. The van der Waals surface area contributed by atoms with Gasteiger partial charge in [-0.3, -0.25) is 9.59 Å². The predicted molar refractivity (Wildman–Crippen MR) is 76.8 cm³/mol. The summed E-state index contributed by atoms with van der Waals surface area (Å²) in [7, 11) is 0. The Balaban J connectivity index is 2.24. The fourth-order valence-corrected chi connectivity index (χ4v) is 2.73. The lowest BCUT2D eigenvalue weighted by Crippen LogP contribution is -2.42. The Morgan fingerprint density at radius 1 is 1.35 bits per heavy atom. The number of carbonyl (C=O) groups excluding carboxylic acids is 1. The van der Waals surface area contributed by atoms with Crippen LogP contribution in [0.5, 0.6) is 0 Å². The fraction of sp³-hybridized carbons (Fsp3) is 0.429. The summed E-state index contributed by atoms with van der Waals surface area (Å²) >= 11 is 5.92. The molecule has 0 aliphatic heterocycles. The second-order valence-electron chi connectivity index (χ2n) is 5.00. The highest BCUT2D eigenvalue weighted by Crippen LogP contribution is 2.26. The maximum Gasteiger partial charge on any atom is 0.323 e. The average Bonchev–Trinajstić information content (AvgIpc) is 2.92. The van der Waals surface area contributed by atoms with E-state index in [4.69, 9.17) is 22.4 Å². The zero-order valence-electron chi connectivity index (χ0n) is 11.0. The van der Waals surface area contributed by atoms with E-state index < -0.39 is 5.97 Å². The number of carboxylic acids is 1. The third-order valence-corrected chi connectivity index (χ3v) is 3.91. The highest BCUT2D eigenvalue weighted by molar-refractivity contribution is 6.33. The van der Waals surface area contributed by atoms with Crippen molar-refractivity contribution < 1.29 is 14.7 Å². The number of amides is 1. The highest BCUT2D eigenvalue weighted by Gasteiger charge is 2.29. The number of hydrogen-bond acceptors (Lipinski definition) is 3. The minimum absolute atomic E-state index is 0.00470. The van der Waals surface area contributed by atoms with Gasteiger partial charge in [0, 0.05) is 11.6 Å². The van der Waals surface area contributed by atoms with Crippen LogP contribution in [0.15, 0.2) is 18.2 Å². The normalized spacial score (nSPS) is 15.2. The Hall–Kier alpha value is -1.75. The van der Waals surface area contributed by atoms with E-state index in [0.29, 0.717) is 16.3 Å². The van der Waals surface area contributed by atoms with Crippen LogP contribution in [0, 0.1) is 0 Å². The molecule has 1 aromatic rings. The van der Waals surface area contributed by atoms with Gasteiger partial charge in [0.2, 0.25) is 0 Å². The summed E-state index contributed by atoms with van der Waals surface area (Å²) in [4.78, 5) is 24.9. The summed E-state index contributed by atoms with van der Waals surface area (Å²) in [5, 5.41) is 9.30. The zero-order chi connectivity index (χ0) is 14.7. The molecule has 1 saturated carbocycles. The van der Waals surface area contributed by atoms with Crippen LogP contribution in [0.2, 0.25) is 5.02 Å². The SMILES string of the molecule is Nc1ccc(C(=O)N(CC(=O)O)C2CCCC2)cc1Cl. The molecule has 20 heavy (non-hydrogen) atoms. The number of anilines is 1. The van der Waals surface area contributed by atoms with Gasteiger partial charge in [-0.1, -0.05) is 24.4 Å². The molecule has 1 aliphatic carbocycles. The Morgan fingerprint density at radius 2 is 2.00 bits per heavy atom. The largest absolute Gasteiger partial charge is 0.480 e. The number of carbonyl (C=O) groups is 2. The second-order valence-corrected chi connectivity index (χ2v) is 5.41. The van der Waals surface area contributed by atoms with Gasteiger partial charge in [-0.2, -0.15) is 0 Å². The lowest BCUT2D eigenvalue weighted by atomic mass is 10.1. The Morgan fingerprint density at radius 3 is 2.55 bits per heavy atom. The van der Waals surface area contributed by atoms with E-state index in [2.05, 4.69) is 0 Å². The Bertz CT molecular complexity index is 527. The summed E-state index contributed by atoms with van der Waals surface area (Å²) < 4.78 is 0. The molecule has 0 atom stereocenters. The number of nitrogen functional groups attached to an aromatic ring is 1. The van der Waals surface area contributed by atoms with Crippen LogP contribution >= 0.6 is 11.6 Å². The third-order valence-electron chi connectivity index (χ3n) is 3.58. The number of hydrogen-bond donors (Lipinski definition) is 2. The fourth-order valence-electron chi connectivity index (χ4n) is 2.55. The van der Waals surface area contributed by atoms with Gasteiger partial charge in [-0.15, -0.1) is 0 Å². The molecule has 1 amide bonds. The minimum atomic E-state index is -1.01. The molecule has 5 nitrogen and oxygen atoms in total. The second kappa shape index (κ2) is 6.13. The van der Waals surface area contributed by atoms with E-state index in [1.54, 1.807) is 12.1 Å². The summed E-state index contributed by atoms with van der Waals surface area (Å²) in [5.74, 6) is -1.31. The Labute approximate surface area is 122 Å². The van der Waals surface area contributed by atoms with Gasteiger partial charge in [-0.25, -0.2) is 0 Å². The first-order valence-electron chi connectivity index (χ1n) is 6.57. The van der Waals surface area contributed by atoms with Gasteiger partial charge in [-0.05, 0) is 31.0 Å². The molecule has 0 radical (unpaired) electrons. The molecule has 108 valence electrons. The number of benzene rings is 1. The van der Waals surface area contributed by atoms with Crippen molar-refractivity contribution in [3.63, 3.8) is 0 Å². The molecule has 1 aromatic carbocycles. The van der Waals surface area contributed by atoms with Gasteiger partial charge in [0.15, 0.2) is 0 Å². The van der Waals surface area contributed by atoms with Crippen molar-refractivity contribution >= 4 is 29.2 Å². The van der Waals surface area contributed by atoms with E-state index >= 15 is 0 Å². The lowest BCUT2D eigenvalue weighted by Gasteiger charge is -2.27. The molecular weight excluding hydrogens is 280 g/mol. The van der Waals surface area contributed by atoms with E-state index in [-0.39, 0.29) is 18.5 Å². The van der Waals surface area contributed by atoms with Crippen LogP contribution in [-0.2, 0) is 4.79 Å². The summed E-state index contributed by atoms with van der Waals surface area (Å²) in [5.41, 5.74) is 6.39. The molecule has 0 unspecified atom stereocenters. The third kappa shape index (κ3) is 3.22. The van der Waals surface area contributed by atoms with Crippen molar-refractivity contribution in [1.82, 2.24) is 4.90 Å². The quantitative estimate of drug-likeness (QED) is 0.836. The van der Waals surface area contributed by atoms with Crippen molar-refractivity contribution in [2.24, 2.45) is 0 Å². The molecule has 1 fully saturated rings. The molecule has 0 bridgehead atoms. The maximum absolute atomic E-state index is 12.5. The van der Waals surface area contributed by atoms with Crippen molar-refractivity contribution in [3.8, 4) is 0 Å². The predicted octanol–water partition coefficient (Wildman–Crippen LogP) is 2.39. The van der Waals surface area contributed by atoms with Crippen molar-refractivity contribution in [2.45, 2.75) is 31.7 Å². The van der Waals surface area contributed by atoms with Crippen molar-refractivity contribution in [1.29, 1.82) is 0 Å². The summed E-state index contributed by atoms with van der Waals surface area (Å²) in [6.45, 7) is -0.286. The van der Waals surface area contributed by atoms with Gasteiger partial charge in [0.05, 0.1) is 10.7 Å². The van der Waals surface area contributed by atoms with Crippen LogP contribution in [0.25, 0.3) is 0 Å². The lowest BCUT2D eigenvalue weighted by molar-refractivity contribution is -0.138. The molecule has 6 heteroatoms. The minimum Gasteiger partial charge on any atom is -0.480 e. The summed E-state index contributed by atoms with van der Waals surface area (Å²) in [6.07, 6.45) is 3.75. The topological polar surface area (TPSA) is 83.6 Å². The molecule has 0 aromatic heterocycles. The smallest absolute Gasteiger partial charge is 0.323 e. The van der Waals surface area contributed by atoms with Crippen LogP contribution in [-0.4, -0.2) is 34.5 Å². The molecule has 2 rings (SSSR count). The number of nitrogens with zero attached hydrogens (tertiary/aromatic N) is 1. The van der Waals surface area contributed by atoms with Crippen LogP contribution < -0.4 is 5.73 Å². The molecule has 0 saturated heterocycles. The highest BCUT2D eigenvalue weighted by atomic mass is 35.5. The van der Waals surface area contributed by atoms with Crippen molar-refractivity contribution in [3.05, 3.63) is 28.8 Å². The standard InChI is InChI=1S/C14H17ClN2O3/c15-11-7-9(5-6-12(11)16)14(20)17(8-13(18)19)10-3-1-2-4-10/h5-7,10H,1-4,8,16H2,(H,18,19). The molecule has 1 aliphatic rings. The number of nitrogens with two attached hydrogens (primary N) is 1. The zero-order valence-corrected chi connectivity index (χ0v) is 11.8. The number of carboxylic acid groups (broad SMARTS) is 1. The number of halogens is 1. The van der Waals surface area contributed by atoms with E-state index in [0.717, 1.165) is 25.7 Å². The summed E-state index contributed by atoms with van der Waals surface area (Å²) in [6, 6.07) is 4.62. The van der Waals surface area contributed by atoms with Crippen LogP contribution in [0.3, 0.4) is 0 Å². The molecule has 0 heterocycles. The van der Waals surface area contributed by atoms with Gasteiger partial charge >= 0.3 is 5.97 Å². The van der Waals surface area contributed by atoms with E-state index in [1.807, 2.05) is 0 Å². The molecule has 0 spiro atoms. The maximum atomic E-state index is 12.5. The number of rotatable bonds is 4. The number of aliphatic carboxylic acids is 1. The van der Waals surface area contributed by atoms with Gasteiger partial charge in [0.1, 0.15) is 6.54 Å². The van der Waals surface area contributed by atoms with E-state index in [9.17, 15) is 9.59 Å².